The molecule has 4 saturated carbocycles. The van der Waals surface area contributed by atoms with Gasteiger partial charge in [-0.1, -0.05) is 61.3 Å². The van der Waals surface area contributed by atoms with Crippen LogP contribution >= 0.6 is 23.2 Å². The Morgan fingerprint density at radius 2 is 1.67 bits per heavy atom. The van der Waals surface area contributed by atoms with Crippen molar-refractivity contribution in [2.24, 2.45) is 16.7 Å². The molecule has 4 fully saturated rings. The van der Waals surface area contributed by atoms with Crippen molar-refractivity contribution in [1.82, 2.24) is 5.32 Å². The number of benzene rings is 2. The number of ether oxygens (including phenoxy) is 1. The highest BCUT2D eigenvalue weighted by Gasteiger charge is 2.59. The minimum Gasteiger partial charge on any atom is -0.489 e. The van der Waals surface area contributed by atoms with Gasteiger partial charge in [0.15, 0.2) is 0 Å². The predicted molar refractivity (Wildman–Crippen MR) is 124 cm³/mol. The first-order chi connectivity index (χ1) is 14.3. The SMILES string of the molecule is CC12CC3CC(C)(C1)CC(NCc1ccccc1OCc1ccc(Cl)c(Cl)c1)(C3)C2. The van der Waals surface area contributed by atoms with E-state index >= 15 is 0 Å². The molecule has 2 aromatic carbocycles. The Hall–Kier alpha value is -1.22. The molecular formula is C26H31Cl2NO. The Kier molecular flexibility index (Phi) is 5.12. The average molecular weight is 444 g/mol. The largest absolute Gasteiger partial charge is 0.489 e. The van der Waals surface area contributed by atoms with Crippen LogP contribution in [0.2, 0.25) is 10.0 Å². The van der Waals surface area contributed by atoms with Gasteiger partial charge in [-0.15, -0.1) is 0 Å². The minimum atomic E-state index is 0.291. The van der Waals surface area contributed by atoms with E-state index in [4.69, 9.17) is 27.9 Å². The Bertz CT molecular complexity index is 940. The van der Waals surface area contributed by atoms with Crippen molar-refractivity contribution in [1.29, 1.82) is 0 Å². The zero-order valence-corrected chi connectivity index (χ0v) is 19.5. The Balaban J connectivity index is 1.29. The molecule has 0 saturated heterocycles. The van der Waals surface area contributed by atoms with Crippen LogP contribution < -0.4 is 10.1 Å². The lowest BCUT2D eigenvalue weighted by atomic mass is 9.43. The standard InChI is InChI=1S/C26H31Cl2NO/c1-24-10-19-11-25(2,15-24)17-26(12-19,16-24)29-13-20-5-3-4-6-23(20)30-14-18-7-8-21(27)22(28)9-18/h3-9,19,29H,10-17H2,1-2H3. The molecule has 2 unspecified atom stereocenters. The second-order valence-electron chi connectivity index (χ2n) is 10.9. The Labute approximate surface area is 190 Å². The fourth-order valence-electron chi connectivity index (χ4n) is 7.51. The van der Waals surface area contributed by atoms with E-state index in [1.54, 1.807) is 0 Å². The van der Waals surface area contributed by atoms with Gasteiger partial charge in [0.2, 0.25) is 0 Å². The molecule has 0 radical (unpaired) electrons. The van der Waals surface area contributed by atoms with E-state index in [-0.39, 0.29) is 0 Å². The summed E-state index contributed by atoms with van der Waals surface area (Å²) in [4.78, 5) is 0. The van der Waals surface area contributed by atoms with Gasteiger partial charge in [0, 0.05) is 17.6 Å². The smallest absolute Gasteiger partial charge is 0.124 e. The molecule has 160 valence electrons. The van der Waals surface area contributed by atoms with Gasteiger partial charge in [0.25, 0.3) is 0 Å². The summed E-state index contributed by atoms with van der Waals surface area (Å²) >= 11 is 12.2. The number of hydrogen-bond acceptors (Lipinski definition) is 2. The van der Waals surface area contributed by atoms with E-state index in [0.717, 1.165) is 23.8 Å². The lowest BCUT2D eigenvalue weighted by molar-refractivity contribution is -0.118. The minimum absolute atomic E-state index is 0.291. The van der Waals surface area contributed by atoms with Crippen molar-refractivity contribution < 1.29 is 4.74 Å². The molecule has 0 spiro atoms. The highest BCUT2D eigenvalue weighted by Crippen LogP contribution is 2.66. The summed E-state index contributed by atoms with van der Waals surface area (Å²) < 4.78 is 6.19. The fourth-order valence-corrected chi connectivity index (χ4v) is 7.83. The van der Waals surface area contributed by atoms with Crippen molar-refractivity contribution in [2.75, 3.05) is 0 Å². The third-order valence-corrected chi connectivity index (χ3v) is 8.37. The van der Waals surface area contributed by atoms with Crippen molar-refractivity contribution >= 4 is 23.2 Å². The first-order valence-corrected chi connectivity index (χ1v) is 11.9. The summed E-state index contributed by atoms with van der Waals surface area (Å²) in [6.45, 7) is 6.40. The summed E-state index contributed by atoms with van der Waals surface area (Å²) in [5.74, 6) is 1.84. The van der Waals surface area contributed by atoms with Crippen LogP contribution in [-0.4, -0.2) is 5.54 Å². The first-order valence-electron chi connectivity index (χ1n) is 11.2. The van der Waals surface area contributed by atoms with Gasteiger partial charge < -0.3 is 10.1 Å². The quantitative estimate of drug-likeness (QED) is 0.501. The average Bonchev–Trinajstić information content (AvgIpc) is 2.65. The molecule has 0 aliphatic heterocycles. The molecule has 6 rings (SSSR count). The number of para-hydroxylation sites is 1. The molecule has 2 atom stereocenters. The van der Waals surface area contributed by atoms with Crippen LogP contribution in [0.15, 0.2) is 42.5 Å². The molecule has 4 heteroatoms. The molecule has 2 aromatic rings. The van der Waals surface area contributed by atoms with Crippen LogP contribution in [0, 0.1) is 16.7 Å². The first kappa shape index (κ1) is 20.7. The maximum atomic E-state index is 6.19. The van der Waals surface area contributed by atoms with Gasteiger partial charge in [-0.2, -0.15) is 0 Å². The van der Waals surface area contributed by atoms with Crippen LogP contribution in [0.25, 0.3) is 0 Å². The van der Waals surface area contributed by atoms with Crippen LogP contribution in [-0.2, 0) is 13.2 Å². The van der Waals surface area contributed by atoms with Crippen LogP contribution in [0.5, 0.6) is 5.75 Å². The van der Waals surface area contributed by atoms with Crippen molar-refractivity contribution in [3.8, 4) is 5.75 Å². The summed E-state index contributed by atoms with van der Waals surface area (Å²) in [6.07, 6.45) is 8.23. The number of rotatable bonds is 6. The molecule has 4 aliphatic rings. The second kappa shape index (κ2) is 7.43. The predicted octanol–water partition coefficient (Wildman–Crippen LogP) is 7.41. The van der Waals surface area contributed by atoms with E-state index in [2.05, 4.69) is 37.4 Å². The molecule has 0 aromatic heterocycles. The van der Waals surface area contributed by atoms with Gasteiger partial charge in [-0.3, -0.25) is 0 Å². The topological polar surface area (TPSA) is 21.3 Å². The van der Waals surface area contributed by atoms with Crippen molar-refractivity contribution in [2.45, 2.75) is 71.1 Å². The highest BCUT2D eigenvalue weighted by molar-refractivity contribution is 6.42. The van der Waals surface area contributed by atoms with Crippen LogP contribution in [0.1, 0.15) is 63.5 Å². The molecule has 1 N–H and O–H groups in total. The highest BCUT2D eigenvalue weighted by atomic mass is 35.5. The van der Waals surface area contributed by atoms with Crippen LogP contribution in [0.4, 0.5) is 0 Å². The maximum Gasteiger partial charge on any atom is 0.124 e. The second-order valence-corrected chi connectivity index (χ2v) is 11.7. The van der Waals surface area contributed by atoms with Crippen molar-refractivity contribution in [3.63, 3.8) is 0 Å². The zero-order chi connectivity index (χ0) is 21.0. The Morgan fingerprint density at radius 3 is 2.37 bits per heavy atom. The van der Waals surface area contributed by atoms with Gasteiger partial charge in [0.1, 0.15) is 12.4 Å². The van der Waals surface area contributed by atoms with Gasteiger partial charge in [-0.25, -0.2) is 0 Å². The molecule has 2 nitrogen and oxygen atoms in total. The zero-order valence-electron chi connectivity index (χ0n) is 17.9. The normalized spacial score (nSPS) is 34.3. The third-order valence-electron chi connectivity index (χ3n) is 7.63. The van der Waals surface area contributed by atoms with E-state index in [9.17, 15) is 0 Å². The summed E-state index contributed by atoms with van der Waals surface area (Å²) in [6, 6.07) is 14.1. The third kappa shape index (κ3) is 3.99. The number of hydrogen-bond donors (Lipinski definition) is 1. The molecule has 0 heterocycles. The van der Waals surface area contributed by atoms with Gasteiger partial charge in [0.05, 0.1) is 10.0 Å². The summed E-state index contributed by atoms with van der Waals surface area (Å²) in [7, 11) is 0. The van der Waals surface area contributed by atoms with E-state index in [1.165, 1.54) is 44.1 Å². The van der Waals surface area contributed by atoms with E-state index < -0.39 is 0 Å². The lowest BCUT2D eigenvalue weighted by Gasteiger charge is -2.65. The van der Waals surface area contributed by atoms with Gasteiger partial charge in [-0.05, 0) is 79.0 Å². The maximum absolute atomic E-state index is 6.19. The molecule has 4 aliphatic carbocycles. The fraction of sp³-hybridized carbons (Fsp3) is 0.538. The summed E-state index contributed by atoms with van der Waals surface area (Å²) in [5.41, 5.74) is 3.58. The molecular weight excluding hydrogens is 413 g/mol. The summed E-state index contributed by atoms with van der Waals surface area (Å²) in [5, 5.41) is 5.17. The molecule has 4 bridgehead atoms. The van der Waals surface area contributed by atoms with E-state index in [1.807, 2.05) is 24.3 Å². The number of nitrogens with one attached hydrogen (secondary N) is 1. The lowest BCUT2D eigenvalue weighted by Crippen LogP contribution is -2.63. The van der Waals surface area contributed by atoms with E-state index in [0.29, 0.717) is 33.0 Å². The molecule has 30 heavy (non-hydrogen) atoms. The Morgan fingerprint density at radius 1 is 0.933 bits per heavy atom. The van der Waals surface area contributed by atoms with Crippen molar-refractivity contribution in [3.05, 3.63) is 63.6 Å². The monoisotopic (exact) mass is 443 g/mol. The van der Waals surface area contributed by atoms with Gasteiger partial charge >= 0.3 is 0 Å². The molecule has 0 amide bonds. The number of halogens is 2. The van der Waals surface area contributed by atoms with Crippen LogP contribution in [0.3, 0.4) is 0 Å².